The number of hydrogen-bond donors (Lipinski definition) is 0. The van der Waals surface area contributed by atoms with Crippen LogP contribution in [0, 0.1) is 0 Å². The van der Waals surface area contributed by atoms with Crippen molar-refractivity contribution in [2.24, 2.45) is 0 Å². The number of alkyl halides is 3. The lowest BCUT2D eigenvalue weighted by Crippen LogP contribution is -2.23. The monoisotopic (exact) mass is 539 g/mol. The van der Waals surface area contributed by atoms with Crippen molar-refractivity contribution in [1.82, 2.24) is 0 Å². The van der Waals surface area contributed by atoms with Gasteiger partial charge in [0.25, 0.3) is 0 Å². The topological polar surface area (TPSA) is 37.4 Å². The molecule has 36 heavy (non-hydrogen) atoms. The highest BCUT2D eigenvalue weighted by atomic mass is 32.2. The molecule has 0 spiro atoms. The Labute approximate surface area is 213 Å². The van der Waals surface area contributed by atoms with Crippen LogP contribution in [0.1, 0.15) is 5.56 Å². The van der Waals surface area contributed by atoms with Gasteiger partial charge in [-0.3, -0.25) is 0 Å². The van der Waals surface area contributed by atoms with Crippen LogP contribution in [0.25, 0.3) is 20.9 Å². The second-order valence-corrected chi connectivity index (χ2v) is 11.9. The summed E-state index contributed by atoms with van der Waals surface area (Å²) in [5.41, 5.74) is 1.30. The molecule has 0 saturated carbocycles. The Morgan fingerprint density at radius 1 is 0.667 bits per heavy atom. The number of fused-ring (bicyclic) bond motifs is 2. The highest BCUT2D eigenvalue weighted by Gasteiger charge is 2.39. The lowest BCUT2D eigenvalue weighted by Gasteiger charge is -2.35. The van der Waals surface area contributed by atoms with Gasteiger partial charge in [-0.05, 0) is 59.3 Å². The van der Waals surface area contributed by atoms with Gasteiger partial charge in [0.1, 0.15) is 0 Å². The molecule has 0 N–H and O–H groups in total. The zero-order valence-corrected chi connectivity index (χ0v) is 20.8. The quantitative estimate of drug-likeness (QED) is 0.226. The number of halogens is 3. The van der Waals surface area contributed by atoms with Gasteiger partial charge in [0.05, 0.1) is 32.4 Å². The first kappa shape index (κ1) is 23.0. The van der Waals surface area contributed by atoms with Crippen molar-refractivity contribution in [2.45, 2.75) is 16.0 Å². The molecule has 2 aromatic heterocycles. The molecule has 9 heteroatoms. The predicted molar refractivity (Wildman–Crippen MR) is 138 cm³/mol. The second-order valence-electron chi connectivity index (χ2n) is 8.15. The standard InChI is InChI=1S/C27H16F3NO2S3/c28-27(29,30)17-15-18(22-9-5-13-34-22)26(19(16-17)23-10-6-14-35-23)31-20-7-1-3-11-24(20)36(32,33)25-12-4-2-8-21(25)31/h1-16H. The van der Waals surface area contributed by atoms with Crippen LogP contribution in [0.2, 0.25) is 0 Å². The molecule has 5 aromatic rings. The molecular formula is C27H16F3NO2S3. The number of para-hydroxylation sites is 2. The molecule has 0 fully saturated rings. The number of anilines is 3. The van der Waals surface area contributed by atoms with Crippen molar-refractivity contribution < 1.29 is 21.6 Å². The Hall–Kier alpha value is -3.40. The third-order valence-corrected chi connectivity index (χ3v) is 9.68. The largest absolute Gasteiger partial charge is 0.416 e. The van der Waals surface area contributed by atoms with E-state index in [1.165, 1.54) is 34.8 Å². The number of benzene rings is 3. The van der Waals surface area contributed by atoms with Gasteiger partial charge in [-0.1, -0.05) is 36.4 Å². The maximum atomic E-state index is 14.1. The lowest BCUT2D eigenvalue weighted by molar-refractivity contribution is -0.137. The van der Waals surface area contributed by atoms with Crippen LogP contribution in [-0.4, -0.2) is 8.42 Å². The highest BCUT2D eigenvalue weighted by molar-refractivity contribution is 7.92. The van der Waals surface area contributed by atoms with E-state index in [9.17, 15) is 21.6 Å². The van der Waals surface area contributed by atoms with Crippen LogP contribution in [0.5, 0.6) is 0 Å². The van der Waals surface area contributed by atoms with Gasteiger partial charge in [0, 0.05) is 20.9 Å². The molecular weight excluding hydrogens is 523 g/mol. The SMILES string of the molecule is O=S1(=O)c2ccccc2N(c2c(-c3cccs3)cc(C(F)(F)F)cc2-c2cccs2)c2ccccc21. The van der Waals surface area contributed by atoms with E-state index < -0.39 is 21.6 Å². The number of thiophene rings is 2. The average molecular weight is 540 g/mol. The molecule has 0 radical (unpaired) electrons. The molecule has 6 rings (SSSR count). The summed E-state index contributed by atoms with van der Waals surface area (Å²) in [7, 11) is -3.82. The molecule has 0 bridgehead atoms. The predicted octanol–water partition coefficient (Wildman–Crippen LogP) is 8.78. The van der Waals surface area contributed by atoms with Gasteiger partial charge in [0.2, 0.25) is 9.84 Å². The Kier molecular flexibility index (Phi) is 5.33. The highest BCUT2D eigenvalue weighted by Crippen LogP contribution is 2.55. The molecule has 3 aromatic carbocycles. The molecule has 3 heterocycles. The van der Waals surface area contributed by atoms with Crippen molar-refractivity contribution in [1.29, 1.82) is 0 Å². The van der Waals surface area contributed by atoms with E-state index in [-0.39, 0.29) is 9.79 Å². The van der Waals surface area contributed by atoms with Gasteiger partial charge in [-0.2, -0.15) is 13.2 Å². The Morgan fingerprint density at radius 3 is 1.56 bits per heavy atom. The van der Waals surface area contributed by atoms with Crippen LogP contribution in [0.4, 0.5) is 30.2 Å². The second kappa shape index (κ2) is 8.33. The maximum absolute atomic E-state index is 14.1. The Morgan fingerprint density at radius 2 is 1.14 bits per heavy atom. The minimum atomic E-state index is -4.56. The van der Waals surface area contributed by atoms with Crippen LogP contribution < -0.4 is 4.90 Å². The maximum Gasteiger partial charge on any atom is 0.416 e. The van der Waals surface area contributed by atoms with Crippen molar-refractivity contribution in [3.8, 4) is 20.9 Å². The molecule has 0 amide bonds. The van der Waals surface area contributed by atoms with Crippen molar-refractivity contribution in [3.05, 3.63) is 101 Å². The van der Waals surface area contributed by atoms with E-state index in [0.717, 1.165) is 12.1 Å². The summed E-state index contributed by atoms with van der Waals surface area (Å²) in [4.78, 5) is 3.31. The summed E-state index contributed by atoms with van der Waals surface area (Å²) in [6.45, 7) is 0. The smallest absolute Gasteiger partial charge is 0.307 e. The number of rotatable bonds is 3. The summed E-state index contributed by atoms with van der Waals surface area (Å²) in [5, 5.41) is 3.62. The van der Waals surface area contributed by atoms with E-state index in [1.54, 1.807) is 65.6 Å². The average Bonchev–Trinajstić information content (AvgIpc) is 3.58. The molecule has 1 aliphatic heterocycles. The zero-order valence-electron chi connectivity index (χ0n) is 18.4. The molecule has 0 aliphatic carbocycles. The van der Waals surface area contributed by atoms with Gasteiger partial charge in [0.15, 0.2) is 0 Å². The van der Waals surface area contributed by atoms with Crippen molar-refractivity contribution in [3.63, 3.8) is 0 Å². The number of sulfone groups is 1. The summed E-state index contributed by atoms with van der Waals surface area (Å²) in [6, 6.07) is 22.7. The minimum absolute atomic E-state index is 0.109. The van der Waals surface area contributed by atoms with Crippen molar-refractivity contribution in [2.75, 3.05) is 4.90 Å². The van der Waals surface area contributed by atoms with Gasteiger partial charge >= 0.3 is 6.18 Å². The minimum Gasteiger partial charge on any atom is -0.307 e. The summed E-state index contributed by atoms with van der Waals surface area (Å²) in [5.74, 6) is 0. The third-order valence-electron chi connectivity index (χ3n) is 6.03. The summed E-state index contributed by atoms with van der Waals surface area (Å²) < 4.78 is 69.3. The van der Waals surface area contributed by atoms with Gasteiger partial charge < -0.3 is 4.90 Å². The van der Waals surface area contributed by atoms with Crippen LogP contribution >= 0.6 is 22.7 Å². The Balaban J connectivity index is 1.78. The van der Waals surface area contributed by atoms with E-state index in [1.807, 2.05) is 10.8 Å². The lowest BCUT2D eigenvalue weighted by atomic mass is 9.97. The van der Waals surface area contributed by atoms with E-state index in [0.29, 0.717) is 37.9 Å². The molecule has 1 aliphatic rings. The fourth-order valence-corrected chi connectivity index (χ4v) is 7.61. The summed E-state index contributed by atoms with van der Waals surface area (Å²) in [6.07, 6.45) is -4.56. The number of nitrogens with zero attached hydrogens (tertiary/aromatic N) is 1. The molecule has 180 valence electrons. The normalized spacial score (nSPS) is 14.4. The van der Waals surface area contributed by atoms with Crippen LogP contribution in [-0.2, 0) is 16.0 Å². The number of hydrogen-bond acceptors (Lipinski definition) is 5. The van der Waals surface area contributed by atoms with E-state index >= 15 is 0 Å². The zero-order chi connectivity index (χ0) is 25.1. The van der Waals surface area contributed by atoms with Crippen molar-refractivity contribution >= 4 is 49.6 Å². The Bertz CT molecular complexity index is 1580. The van der Waals surface area contributed by atoms with E-state index in [4.69, 9.17) is 0 Å². The summed E-state index contributed by atoms with van der Waals surface area (Å²) >= 11 is 2.67. The van der Waals surface area contributed by atoms with E-state index in [2.05, 4.69) is 0 Å². The molecule has 3 nitrogen and oxygen atoms in total. The first-order chi connectivity index (χ1) is 17.3. The van der Waals surface area contributed by atoms with Crippen LogP contribution in [0.15, 0.2) is 105 Å². The molecule has 0 atom stereocenters. The van der Waals surface area contributed by atoms with Gasteiger partial charge in [-0.15, -0.1) is 22.7 Å². The molecule has 0 unspecified atom stereocenters. The fourth-order valence-electron chi connectivity index (χ4n) is 4.51. The van der Waals surface area contributed by atoms with Crippen LogP contribution in [0.3, 0.4) is 0 Å². The fraction of sp³-hybridized carbons (Fsp3) is 0.0370. The first-order valence-corrected chi connectivity index (χ1v) is 14.1. The van der Waals surface area contributed by atoms with Gasteiger partial charge in [-0.25, -0.2) is 8.42 Å². The third kappa shape index (κ3) is 3.57. The molecule has 0 saturated heterocycles. The first-order valence-electron chi connectivity index (χ1n) is 10.8.